The van der Waals surface area contributed by atoms with Crippen LogP contribution >= 0.6 is 0 Å². The summed E-state index contributed by atoms with van der Waals surface area (Å²) >= 11 is 0. The summed E-state index contributed by atoms with van der Waals surface area (Å²) in [6, 6.07) is 19.5. The van der Waals surface area contributed by atoms with E-state index >= 15 is 0 Å². The Bertz CT molecular complexity index is 1180. The largest absolute Gasteiger partial charge is 0.381 e. The van der Waals surface area contributed by atoms with E-state index in [2.05, 4.69) is 45.4 Å². The molecule has 0 saturated carbocycles. The van der Waals surface area contributed by atoms with Crippen molar-refractivity contribution >= 4 is 16.7 Å². The highest BCUT2D eigenvalue weighted by molar-refractivity contribution is 5.94. The standard InChI is InChI=1S/C26H27FN4/c1-31-13-10-19(11-14-31)25-16-23-21(9-12-28-26(23)30-25)22-15-20(7-8-24(22)27)29-17-18-5-3-2-4-6-18/h2-9,12,15-16,19,29H,10-11,13-14,17H2,1H3,(H,28,30). The molecule has 4 nitrogen and oxygen atoms in total. The minimum Gasteiger partial charge on any atom is -0.381 e. The number of nitrogens with one attached hydrogen (secondary N) is 2. The number of aromatic nitrogens is 2. The second-order valence-corrected chi connectivity index (χ2v) is 8.46. The summed E-state index contributed by atoms with van der Waals surface area (Å²) in [6.07, 6.45) is 4.02. The summed E-state index contributed by atoms with van der Waals surface area (Å²) < 4.78 is 14.9. The predicted octanol–water partition coefficient (Wildman–Crippen LogP) is 5.79. The first-order valence-corrected chi connectivity index (χ1v) is 10.9. The van der Waals surface area contributed by atoms with Crippen LogP contribution in [0.3, 0.4) is 0 Å². The monoisotopic (exact) mass is 414 g/mol. The molecule has 2 N–H and O–H groups in total. The Morgan fingerprint density at radius 3 is 2.65 bits per heavy atom. The van der Waals surface area contributed by atoms with Gasteiger partial charge in [0.1, 0.15) is 11.5 Å². The number of piperidine rings is 1. The summed E-state index contributed by atoms with van der Waals surface area (Å²) in [4.78, 5) is 10.4. The first-order valence-electron chi connectivity index (χ1n) is 10.9. The van der Waals surface area contributed by atoms with Gasteiger partial charge in [0.25, 0.3) is 0 Å². The molecule has 5 rings (SSSR count). The van der Waals surface area contributed by atoms with Crippen LogP contribution < -0.4 is 5.32 Å². The molecule has 1 aliphatic rings. The number of likely N-dealkylation sites (tertiary alicyclic amines) is 1. The third-order valence-electron chi connectivity index (χ3n) is 6.31. The Morgan fingerprint density at radius 1 is 1.03 bits per heavy atom. The van der Waals surface area contributed by atoms with Crippen LogP contribution in [0.25, 0.3) is 22.2 Å². The molecule has 2 aromatic heterocycles. The first kappa shape index (κ1) is 19.8. The van der Waals surface area contributed by atoms with Crippen LogP contribution in [0, 0.1) is 5.82 Å². The summed E-state index contributed by atoms with van der Waals surface area (Å²) in [5.74, 6) is 0.279. The van der Waals surface area contributed by atoms with E-state index in [4.69, 9.17) is 0 Å². The van der Waals surface area contributed by atoms with Crippen LogP contribution in [-0.2, 0) is 6.54 Å². The molecule has 0 atom stereocenters. The molecular formula is C26H27FN4. The van der Waals surface area contributed by atoms with Crippen LogP contribution in [0.5, 0.6) is 0 Å². The maximum Gasteiger partial charge on any atom is 0.138 e. The molecular weight excluding hydrogens is 387 g/mol. The van der Waals surface area contributed by atoms with Crippen molar-refractivity contribution in [3.05, 3.63) is 83.9 Å². The van der Waals surface area contributed by atoms with E-state index in [-0.39, 0.29) is 5.82 Å². The van der Waals surface area contributed by atoms with Gasteiger partial charge < -0.3 is 15.2 Å². The molecule has 1 aliphatic heterocycles. The quantitative estimate of drug-likeness (QED) is 0.434. The van der Waals surface area contributed by atoms with Gasteiger partial charge in [0.2, 0.25) is 0 Å². The molecule has 2 aromatic carbocycles. The van der Waals surface area contributed by atoms with E-state index in [1.165, 1.54) is 11.3 Å². The molecule has 0 aliphatic carbocycles. The number of nitrogens with zero attached hydrogens (tertiary/aromatic N) is 2. The van der Waals surface area contributed by atoms with E-state index in [0.29, 0.717) is 18.0 Å². The average Bonchev–Trinajstić information content (AvgIpc) is 3.24. The van der Waals surface area contributed by atoms with E-state index in [1.807, 2.05) is 30.3 Å². The van der Waals surface area contributed by atoms with Crippen LogP contribution in [-0.4, -0.2) is 35.0 Å². The lowest BCUT2D eigenvalue weighted by atomic mass is 9.93. The molecule has 5 heteroatoms. The lowest BCUT2D eigenvalue weighted by molar-refractivity contribution is 0.254. The third-order valence-corrected chi connectivity index (χ3v) is 6.31. The summed E-state index contributed by atoms with van der Waals surface area (Å²) in [7, 11) is 2.17. The summed E-state index contributed by atoms with van der Waals surface area (Å²) in [5.41, 5.74) is 5.60. The van der Waals surface area contributed by atoms with Crippen molar-refractivity contribution in [2.24, 2.45) is 0 Å². The van der Waals surface area contributed by atoms with Crippen LogP contribution in [0.2, 0.25) is 0 Å². The highest BCUT2D eigenvalue weighted by Crippen LogP contribution is 2.35. The fourth-order valence-electron chi connectivity index (χ4n) is 4.46. The number of halogens is 1. The van der Waals surface area contributed by atoms with Gasteiger partial charge in [-0.05, 0) is 74.4 Å². The highest BCUT2D eigenvalue weighted by Gasteiger charge is 2.21. The molecule has 31 heavy (non-hydrogen) atoms. The smallest absolute Gasteiger partial charge is 0.138 e. The van der Waals surface area contributed by atoms with Gasteiger partial charge in [0.15, 0.2) is 0 Å². The van der Waals surface area contributed by atoms with E-state index in [0.717, 1.165) is 48.2 Å². The molecule has 3 heterocycles. The van der Waals surface area contributed by atoms with Gasteiger partial charge in [-0.2, -0.15) is 0 Å². The van der Waals surface area contributed by atoms with E-state index in [9.17, 15) is 4.39 Å². The summed E-state index contributed by atoms with van der Waals surface area (Å²) in [6.45, 7) is 2.90. The van der Waals surface area contributed by atoms with Crippen molar-refractivity contribution in [2.75, 3.05) is 25.5 Å². The third kappa shape index (κ3) is 4.19. The second-order valence-electron chi connectivity index (χ2n) is 8.46. The van der Waals surface area contributed by atoms with Gasteiger partial charge in [-0.25, -0.2) is 9.37 Å². The van der Waals surface area contributed by atoms with E-state index < -0.39 is 0 Å². The predicted molar refractivity (Wildman–Crippen MR) is 125 cm³/mol. The number of benzene rings is 2. The number of fused-ring (bicyclic) bond motifs is 1. The molecule has 0 spiro atoms. The second kappa shape index (κ2) is 8.52. The van der Waals surface area contributed by atoms with Crippen molar-refractivity contribution in [3.63, 3.8) is 0 Å². The fraction of sp³-hybridized carbons (Fsp3) is 0.269. The van der Waals surface area contributed by atoms with Gasteiger partial charge in [-0.1, -0.05) is 30.3 Å². The SMILES string of the molecule is CN1CCC(c2cc3c(-c4cc(NCc5ccccc5)ccc4F)ccnc3[nH]2)CC1. The zero-order chi connectivity index (χ0) is 21.2. The van der Waals surface area contributed by atoms with Gasteiger partial charge in [-0.3, -0.25) is 0 Å². The minimum absolute atomic E-state index is 0.222. The Morgan fingerprint density at radius 2 is 1.84 bits per heavy atom. The van der Waals surface area contributed by atoms with Crippen molar-refractivity contribution in [1.29, 1.82) is 0 Å². The van der Waals surface area contributed by atoms with Gasteiger partial charge in [-0.15, -0.1) is 0 Å². The topological polar surface area (TPSA) is 44.0 Å². The number of anilines is 1. The molecule has 4 aromatic rings. The van der Waals surface area contributed by atoms with Crippen LogP contribution in [0.15, 0.2) is 66.9 Å². The molecule has 0 unspecified atom stereocenters. The number of pyridine rings is 1. The maximum absolute atomic E-state index is 14.9. The van der Waals surface area contributed by atoms with Crippen molar-refractivity contribution in [1.82, 2.24) is 14.9 Å². The first-order chi connectivity index (χ1) is 15.2. The molecule has 0 radical (unpaired) electrons. The van der Waals surface area contributed by atoms with Crippen molar-refractivity contribution in [2.45, 2.75) is 25.3 Å². The number of H-pyrrole nitrogens is 1. The molecule has 0 bridgehead atoms. The lowest BCUT2D eigenvalue weighted by Crippen LogP contribution is -2.29. The molecule has 158 valence electrons. The minimum atomic E-state index is -0.222. The van der Waals surface area contributed by atoms with Crippen LogP contribution in [0.4, 0.5) is 10.1 Å². The fourth-order valence-corrected chi connectivity index (χ4v) is 4.46. The molecule has 1 saturated heterocycles. The molecule has 1 fully saturated rings. The normalized spacial score (nSPS) is 15.4. The number of rotatable bonds is 5. The molecule has 0 amide bonds. The van der Waals surface area contributed by atoms with Gasteiger partial charge in [0, 0.05) is 41.0 Å². The number of aromatic amines is 1. The number of hydrogen-bond donors (Lipinski definition) is 2. The Labute approximate surface area is 182 Å². The summed E-state index contributed by atoms with van der Waals surface area (Å²) in [5, 5.41) is 4.39. The zero-order valence-corrected chi connectivity index (χ0v) is 17.7. The Balaban J connectivity index is 1.45. The van der Waals surface area contributed by atoms with Gasteiger partial charge >= 0.3 is 0 Å². The zero-order valence-electron chi connectivity index (χ0n) is 17.7. The number of hydrogen-bond acceptors (Lipinski definition) is 3. The highest BCUT2D eigenvalue weighted by atomic mass is 19.1. The maximum atomic E-state index is 14.9. The van der Waals surface area contributed by atoms with Crippen molar-refractivity contribution < 1.29 is 4.39 Å². The Hall–Kier alpha value is -3.18. The van der Waals surface area contributed by atoms with Gasteiger partial charge in [0.05, 0.1) is 0 Å². The Kier molecular flexibility index (Phi) is 5.43. The van der Waals surface area contributed by atoms with Crippen molar-refractivity contribution in [3.8, 4) is 11.1 Å². The lowest BCUT2D eigenvalue weighted by Gasteiger charge is -2.28. The van der Waals surface area contributed by atoms with Crippen LogP contribution in [0.1, 0.15) is 30.0 Å². The average molecular weight is 415 g/mol. The van der Waals surface area contributed by atoms with E-state index in [1.54, 1.807) is 18.3 Å².